The summed E-state index contributed by atoms with van der Waals surface area (Å²) in [6, 6.07) is 6.22. The number of fused-ring (bicyclic) bond motifs is 1. The van der Waals surface area contributed by atoms with Crippen molar-refractivity contribution in [3.63, 3.8) is 0 Å². The third-order valence-electron chi connectivity index (χ3n) is 2.43. The molecule has 1 heterocycles. The van der Waals surface area contributed by atoms with Crippen LogP contribution in [-0.2, 0) is 6.54 Å². The molecule has 1 aliphatic rings. The van der Waals surface area contributed by atoms with Crippen molar-refractivity contribution in [2.45, 2.75) is 26.5 Å². The topological polar surface area (TPSA) is 21.3 Å². The van der Waals surface area contributed by atoms with E-state index in [-0.39, 0.29) is 6.10 Å². The van der Waals surface area contributed by atoms with Crippen LogP contribution in [0.5, 0.6) is 5.75 Å². The first-order chi connectivity index (χ1) is 6.27. The second-order valence-electron chi connectivity index (χ2n) is 3.61. The van der Waals surface area contributed by atoms with E-state index in [1.807, 2.05) is 12.1 Å². The maximum atomic E-state index is 5.78. The lowest BCUT2D eigenvalue weighted by Crippen LogP contribution is -2.25. The van der Waals surface area contributed by atoms with Gasteiger partial charge in [0, 0.05) is 18.7 Å². The summed E-state index contributed by atoms with van der Waals surface area (Å²) >= 11 is 0. The van der Waals surface area contributed by atoms with Gasteiger partial charge in [0.2, 0.25) is 0 Å². The molecule has 1 atom stereocenters. The number of benzene rings is 1. The van der Waals surface area contributed by atoms with E-state index in [1.165, 1.54) is 11.1 Å². The Morgan fingerprint density at radius 3 is 3.15 bits per heavy atom. The van der Waals surface area contributed by atoms with Crippen molar-refractivity contribution in [3.8, 4) is 5.75 Å². The highest BCUT2D eigenvalue weighted by molar-refractivity contribution is 5.40. The van der Waals surface area contributed by atoms with Crippen LogP contribution in [0.3, 0.4) is 0 Å². The molecule has 0 aliphatic carbocycles. The van der Waals surface area contributed by atoms with Crippen molar-refractivity contribution in [1.82, 2.24) is 5.32 Å². The van der Waals surface area contributed by atoms with Crippen LogP contribution in [0.2, 0.25) is 0 Å². The Hall–Kier alpha value is -1.02. The van der Waals surface area contributed by atoms with Crippen molar-refractivity contribution in [3.05, 3.63) is 29.3 Å². The van der Waals surface area contributed by atoms with Gasteiger partial charge in [-0.15, -0.1) is 0 Å². The monoisotopic (exact) mass is 177 g/mol. The van der Waals surface area contributed by atoms with Crippen LogP contribution < -0.4 is 10.1 Å². The number of nitrogens with one attached hydrogen (secondary N) is 1. The van der Waals surface area contributed by atoms with Gasteiger partial charge in [0.1, 0.15) is 11.9 Å². The SMILES string of the molecule is Cc1cccc2c1CNC[C@@H](C)O2. The molecule has 0 aromatic heterocycles. The molecule has 0 saturated carbocycles. The quantitative estimate of drug-likeness (QED) is 0.653. The number of hydrogen-bond acceptors (Lipinski definition) is 2. The lowest BCUT2D eigenvalue weighted by molar-refractivity contribution is 0.226. The smallest absolute Gasteiger partial charge is 0.124 e. The lowest BCUT2D eigenvalue weighted by Gasteiger charge is -2.12. The summed E-state index contributed by atoms with van der Waals surface area (Å²) in [4.78, 5) is 0. The van der Waals surface area contributed by atoms with Crippen molar-refractivity contribution >= 4 is 0 Å². The molecule has 2 heteroatoms. The Morgan fingerprint density at radius 2 is 2.31 bits per heavy atom. The van der Waals surface area contributed by atoms with Crippen LogP contribution in [0.15, 0.2) is 18.2 Å². The van der Waals surface area contributed by atoms with E-state index >= 15 is 0 Å². The molecule has 0 radical (unpaired) electrons. The summed E-state index contributed by atoms with van der Waals surface area (Å²) in [5.74, 6) is 1.04. The zero-order valence-electron chi connectivity index (χ0n) is 8.13. The minimum absolute atomic E-state index is 0.267. The fraction of sp³-hybridized carbons (Fsp3) is 0.455. The first-order valence-electron chi connectivity index (χ1n) is 4.73. The number of aryl methyl sites for hydroxylation is 1. The van der Waals surface area contributed by atoms with Crippen LogP contribution in [0.1, 0.15) is 18.1 Å². The second kappa shape index (κ2) is 3.38. The van der Waals surface area contributed by atoms with Crippen molar-refractivity contribution in [1.29, 1.82) is 0 Å². The van der Waals surface area contributed by atoms with Gasteiger partial charge in [-0.1, -0.05) is 12.1 Å². The Labute approximate surface area is 78.9 Å². The van der Waals surface area contributed by atoms with E-state index in [0.717, 1.165) is 18.8 Å². The zero-order valence-corrected chi connectivity index (χ0v) is 8.13. The molecule has 1 N–H and O–H groups in total. The van der Waals surface area contributed by atoms with Gasteiger partial charge < -0.3 is 10.1 Å². The fourth-order valence-corrected chi connectivity index (χ4v) is 1.67. The highest BCUT2D eigenvalue weighted by Crippen LogP contribution is 2.24. The first-order valence-corrected chi connectivity index (χ1v) is 4.73. The molecule has 2 nitrogen and oxygen atoms in total. The summed E-state index contributed by atoms with van der Waals surface area (Å²) in [6.45, 7) is 6.06. The second-order valence-corrected chi connectivity index (χ2v) is 3.61. The van der Waals surface area contributed by atoms with Gasteiger partial charge in [0.15, 0.2) is 0 Å². The third kappa shape index (κ3) is 1.68. The van der Waals surface area contributed by atoms with Gasteiger partial charge in [-0.2, -0.15) is 0 Å². The van der Waals surface area contributed by atoms with E-state index in [2.05, 4.69) is 25.2 Å². The zero-order chi connectivity index (χ0) is 9.26. The van der Waals surface area contributed by atoms with Gasteiger partial charge >= 0.3 is 0 Å². The van der Waals surface area contributed by atoms with Gasteiger partial charge in [0.05, 0.1) is 0 Å². The summed E-state index contributed by atoms with van der Waals surface area (Å²) < 4.78 is 5.78. The molecule has 2 rings (SSSR count). The van der Waals surface area contributed by atoms with Crippen LogP contribution in [0, 0.1) is 6.92 Å². The average molecular weight is 177 g/mol. The van der Waals surface area contributed by atoms with Crippen molar-refractivity contribution in [2.24, 2.45) is 0 Å². The Balaban J connectivity index is 2.39. The van der Waals surface area contributed by atoms with E-state index in [1.54, 1.807) is 0 Å². The van der Waals surface area contributed by atoms with Crippen molar-refractivity contribution < 1.29 is 4.74 Å². The molecule has 0 amide bonds. The number of ether oxygens (including phenoxy) is 1. The number of rotatable bonds is 0. The number of hydrogen-bond donors (Lipinski definition) is 1. The fourth-order valence-electron chi connectivity index (χ4n) is 1.67. The molecule has 1 aromatic rings. The molecule has 0 saturated heterocycles. The lowest BCUT2D eigenvalue weighted by atomic mass is 10.1. The molecule has 0 bridgehead atoms. The maximum Gasteiger partial charge on any atom is 0.124 e. The van der Waals surface area contributed by atoms with Gasteiger partial charge in [-0.3, -0.25) is 0 Å². The van der Waals surface area contributed by atoms with E-state index in [4.69, 9.17) is 4.74 Å². The minimum Gasteiger partial charge on any atom is -0.489 e. The Bertz CT molecular complexity index is 309. The highest BCUT2D eigenvalue weighted by atomic mass is 16.5. The molecule has 70 valence electrons. The van der Waals surface area contributed by atoms with Crippen LogP contribution >= 0.6 is 0 Å². The van der Waals surface area contributed by atoms with Crippen molar-refractivity contribution in [2.75, 3.05) is 6.54 Å². The van der Waals surface area contributed by atoms with E-state index in [9.17, 15) is 0 Å². The summed E-state index contributed by atoms with van der Waals surface area (Å²) in [5.41, 5.74) is 2.60. The molecular formula is C11H15NO. The molecule has 1 aliphatic heterocycles. The van der Waals surface area contributed by atoms with Gasteiger partial charge in [-0.05, 0) is 25.5 Å². The van der Waals surface area contributed by atoms with Gasteiger partial charge in [0.25, 0.3) is 0 Å². The largest absolute Gasteiger partial charge is 0.489 e. The molecule has 0 fully saturated rings. The molecule has 0 unspecified atom stereocenters. The Morgan fingerprint density at radius 1 is 1.46 bits per heavy atom. The predicted molar refractivity (Wildman–Crippen MR) is 53.0 cm³/mol. The molecule has 13 heavy (non-hydrogen) atoms. The Kier molecular flexibility index (Phi) is 2.23. The van der Waals surface area contributed by atoms with Crippen LogP contribution in [0.25, 0.3) is 0 Å². The average Bonchev–Trinajstić information content (AvgIpc) is 2.27. The summed E-state index contributed by atoms with van der Waals surface area (Å²) in [6.07, 6.45) is 0.267. The van der Waals surface area contributed by atoms with E-state index in [0.29, 0.717) is 0 Å². The van der Waals surface area contributed by atoms with Gasteiger partial charge in [-0.25, -0.2) is 0 Å². The normalized spacial score (nSPS) is 21.5. The predicted octanol–water partition coefficient (Wildman–Crippen LogP) is 1.87. The third-order valence-corrected chi connectivity index (χ3v) is 2.43. The van der Waals surface area contributed by atoms with Crippen LogP contribution in [-0.4, -0.2) is 12.6 Å². The minimum atomic E-state index is 0.267. The standard InChI is InChI=1S/C11H15NO/c1-8-4-3-5-11-10(8)7-12-6-9(2)13-11/h3-5,9,12H,6-7H2,1-2H3/t9-/m1/s1. The molecule has 1 aromatic carbocycles. The molecule has 0 spiro atoms. The highest BCUT2D eigenvalue weighted by Gasteiger charge is 2.13. The maximum absolute atomic E-state index is 5.78. The van der Waals surface area contributed by atoms with E-state index < -0.39 is 0 Å². The summed E-state index contributed by atoms with van der Waals surface area (Å²) in [7, 11) is 0. The van der Waals surface area contributed by atoms with Crippen LogP contribution in [0.4, 0.5) is 0 Å². The molecular weight excluding hydrogens is 162 g/mol. The first kappa shape index (κ1) is 8.57. The summed E-state index contributed by atoms with van der Waals surface area (Å²) in [5, 5.41) is 3.37.